The number of hydrogen-bond donors (Lipinski definition) is 1. The van der Waals surface area contributed by atoms with Crippen LogP contribution >= 0.6 is 11.6 Å². The highest BCUT2D eigenvalue weighted by Crippen LogP contribution is 2.43. The molecule has 0 aliphatic carbocycles. The van der Waals surface area contributed by atoms with Gasteiger partial charge in [0.2, 0.25) is 5.88 Å². The molecule has 0 amide bonds. The van der Waals surface area contributed by atoms with E-state index in [0.29, 0.717) is 0 Å². The van der Waals surface area contributed by atoms with Crippen molar-refractivity contribution in [1.82, 2.24) is 0 Å². The van der Waals surface area contributed by atoms with Crippen LogP contribution in [0.15, 0.2) is 28.9 Å². The maximum Gasteiger partial charge on any atom is 0.417 e. The van der Waals surface area contributed by atoms with E-state index in [9.17, 15) is 18.3 Å². The van der Waals surface area contributed by atoms with Gasteiger partial charge in [0, 0.05) is 14.1 Å². The van der Waals surface area contributed by atoms with E-state index in [1.165, 1.54) is 6.07 Å². The van der Waals surface area contributed by atoms with Gasteiger partial charge in [0.05, 0.1) is 16.1 Å². The standard InChI is InChI=1S/C13H11ClF3NO2/c1-18(2)12-11(10(19)6-20-12)7-3-4-9(14)8(5-7)13(15,16)17/h3-6,19H,1-2H3. The molecule has 0 saturated carbocycles. The molecule has 0 bridgehead atoms. The highest BCUT2D eigenvalue weighted by atomic mass is 35.5. The predicted molar refractivity (Wildman–Crippen MR) is 70.1 cm³/mol. The van der Waals surface area contributed by atoms with Gasteiger partial charge in [-0.25, -0.2) is 0 Å². The van der Waals surface area contributed by atoms with Gasteiger partial charge in [-0.15, -0.1) is 0 Å². The van der Waals surface area contributed by atoms with Gasteiger partial charge in [0.25, 0.3) is 0 Å². The van der Waals surface area contributed by atoms with E-state index in [1.807, 2.05) is 0 Å². The van der Waals surface area contributed by atoms with Gasteiger partial charge in [0.1, 0.15) is 6.26 Å². The second-order valence-electron chi connectivity index (χ2n) is 4.39. The average molecular weight is 306 g/mol. The van der Waals surface area contributed by atoms with Crippen LogP contribution in [0.1, 0.15) is 5.56 Å². The van der Waals surface area contributed by atoms with Crippen LogP contribution in [0, 0.1) is 0 Å². The van der Waals surface area contributed by atoms with Crippen LogP contribution in [0.25, 0.3) is 11.1 Å². The fourth-order valence-corrected chi connectivity index (χ4v) is 2.06. The van der Waals surface area contributed by atoms with Crippen LogP contribution in [-0.4, -0.2) is 19.2 Å². The minimum atomic E-state index is -4.56. The molecule has 0 aliphatic rings. The Balaban J connectivity index is 2.63. The summed E-state index contributed by atoms with van der Waals surface area (Å²) in [5.74, 6) is 0.0297. The molecule has 0 aliphatic heterocycles. The molecule has 1 aromatic heterocycles. The maximum absolute atomic E-state index is 12.8. The molecule has 0 radical (unpaired) electrons. The Labute approximate surface area is 118 Å². The van der Waals surface area contributed by atoms with Crippen molar-refractivity contribution in [3.05, 3.63) is 35.0 Å². The molecular weight excluding hydrogens is 295 g/mol. The van der Waals surface area contributed by atoms with Gasteiger partial charge in [0.15, 0.2) is 5.75 Å². The zero-order valence-electron chi connectivity index (χ0n) is 10.6. The number of alkyl halides is 3. The molecule has 0 saturated heterocycles. The molecule has 1 aromatic carbocycles. The first-order valence-corrected chi connectivity index (χ1v) is 5.94. The van der Waals surface area contributed by atoms with E-state index < -0.39 is 16.8 Å². The number of halogens is 4. The first kappa shape index (κ1) is 14.6. The Hall–Kier alpha value is -1.82. The third-order valence-electron chi connectivity index (χ3n) is 2.72. The van der Waals surface area contributed by atoms with E-state index in [0.717, 1.165) is 18.4 Å². The van der Waals surface area contributed by atoms with Crippen molar-refractivity contribution in [2.24, 2.45) is 0 Å². The average Bonchev–Trinajstić information content (AvgIpc) is 2.70. The summed E-state index contributed by atoms with van der Waals surface area (Å²) < 4.78 is 43.7. The Morgan fingerprint density at radius 3 is 2.45 bits per heavy atom. The summed E-state index contributed by atoms with van der Waals surface area (Å²) in [7, 11) is 3.31. The summed E-state index contributed by atoms with van der Waals surface area (Å²) in [6.07, 6.45) is -3.49. The van der Waals surface area contributed by atoms with Crippen molar-refractivity contribution < 1.29 is 22.7 Å². The van der Waals surface area contributed by atoms with Crippen LogP contribution in [0.2, 0.25) is 5.02 Å². The largest absolute Gasteiger partial charge is 0.504 e. The lowest BCUT2D eigenvalue weighted by Crippen LogP contribution is -2.09. The van der Waals surface area contributed by atoms with Crippen molar-refractivity contribution in [3.8, 4) is 16.9 Å². The number of benzene rings is 1. The van der Waals surface area contributed by atoms with E-state index in [-0.39, 0.29) is 22.8 Å². The third kappa shape index (κ3) is 2.56. The van der Waals surface area contributed by atoms with Crippen LogP contribution in [0.4, 0.5) is 19.1 Å². The van der Waals surface area contributed by atoms with Gasteiger partial charge in [-0.05, 0) is 17.7 Å². The second-order valence-corrected chi connectivity index (χ2v) is 4.80. The molecular formula is C13H11ClF3NO2. The number of furan rings is 1. The van der Waals surface area contributed by atoms with E-state index in [4.69, 9.17) is 16.0 Å². The summed E-state index contributed by atoms with van der Waals surface area (Å²) >= 11 is 5.57. The highest BCUT2D eigenvalue weighted by Gasteiger charge is 2.34. The van der Waals surface area contributed by atoms with Gasteiger partial charge in [-0.2, -0.15) is 13.2 Å². The second kappa shape index (κ2) is 4.94. The monoisotopic (exact) mass is 305 g/mol. The van der Waals surface area contributed by atoms with Gasteiger partial charge >= 0.3 is 6.18 Å². The molecule has 1 N–H and O–H groups in total. The zero-order valence-corrected chi connectivity index (χ0v) is 11.4. The Morgan fingerprint density at radius 1 is 1.25 bits per heavy atom. The molecule has 2 rings (SSSR count). The fourth-order valence-electron chi connectivity index (χ4n) is 1.84. The van der Waals surface area contributed by atoms with Crippen LogP contribution in [-0.2, 0) is 6.18 Å². The number of rotatable bonds is 2. The SMILES string of the molecule is CN(C)c1occ(O)c1-c1ccc(Cl)c(C(F)(F)F)c1. The zero-order chi connectivity index (χ0) is 15.1. The van der Waals surface area contributed by atoms with Gasteiger partial charge < -0.3 is 14.4 Å². The summed E-state index contributed by atoms with van der Waals surface area (Å²) in [4.78, 5) is 1.55. The molecule has 2 aromatic rings. The molecule has 0 atom stereocenters. The summed E-state index contributed by atoms with van der Waals surface area (Å²) in [6, 6.07) is 3.43. The Morgan fingerprint density at radius 2 is 1.90 bits per heavy atom. The van der Waals surface area contributed by atoms with Crippen molar-refractivity contribution in [2.45, 2.75) is 6.18 Å². The summed E-state index contributed by atoms with van der Waals surface area (Å²) in [5, 5.41) is 9.37. The molecule has 108 valence electrons. The smallest absolute Gasteiger partial charge is 0.417 e. The maximum atomic E-state index is 12.8. The summed E-state index contributed by atoms with van der Waals surface area (Å²) in [5.41, 5.74) is -0.587. The molecule has 20 heavy (non-hydrogen) atoms. The number of aromatic hydroxyl groups is 1. The quantitative estimate of drug-likeness (QED) is 0.894. The highest BCUT2D eigenvalue weighted by molar-refractivity contribution is 6.31. The van der Waals surface area contributed by atoms with Crippen molar-refractivity contribution in [3.63, 3.8) is 0 Å². The van der Waals surface area contributed by atoms with E-state index >= 15 is 0 Å². The van der Waals surface area contributed by atoms with E-state index in [2.05, 4.69) is 0 Å². The molecule has 0 unspecified atom stereocenters. The predicted octanol–water partition coefficient (Wildman–Crippen LogP) is 4.39. The minimum absolute atomic E-state index is 0.177. The normalized spacial score (nSPS) is 11.7. The summed E-state index contributed by atoms with van der Waals surface area (Å²) in [6.45, 7) is 0. The number of hydrogen-bond acceptors (Lipinski definition) is 3. The van der Waals surface area contributed by atoms with Gasteiger partial charge in [-0.3, -0.25) is 0 Å². The first-order chi connectivity index (χ1) is 9.21. The fraction of sp³-hybridized carbons (Fsp3) is 0.231. The number of nitrogens with zero attached hydrogens (tertiary/aromatic N) is 1. The lowest BCUT2D eigenvalue weighted by atomic mass is 10.0. The van der Waals surface area contributed by atoms with Crippen LogP contribution in [0.5, 0.6) is 5.75 Å². The third-order valence-corrected chi connectivity index (χ3v) is 3.05. The molecule has 7 heteroatoms. The van der Waals surface area contributed by atoms with Crippen molar-refractivity contribution in [2.75, 3.05) is 19.0 Å². The topological polar surface area (TPSA) is 36.6 Å². The lowest BCUT2D eigenvalue weighted by molar-refractivity contribution is -0.137. The molecule has 0 fully saturated rings. The van der Waals surface area contributed by atoms with Crippen molar-refractivity contribution in [1.29, 1.82) is 0 Å². The first-order valence-electron chi connectivity index (χ1n) is 5.56. The Bertz CT molecular complexity index is 635. The van der Waals surface area contributed by atoms with Crippen LogP contribution in [0.3, 0.4) is 0 Å². The van der Waals surface area contributed by atoms with Crippen LogP contribution < -0.4 is 4.90 Å². The minimum Gasteiger partial charge on any atom is -0.504 e. The molecule has 1 heterocycles. The van der Waals surface area contributed by atoms with E-state index in [1.54, 1.807) is 19.0 Å². The molecule has 0 spiro atoms. The lowest BCUT2D eigenvalue weighted by Gasteiger charge is -2.14. The molecule has 3 nitrogen and oxygen atoms in total. The van der Waals surface area contributed by atoms with Gasteiger partial charge in [-0.1, -0.05) is 17.7 Å². The Kier molecular flexibility index (Phi) is 3.60. The van der Waals surface area contributed by atoms with Crippen molar-refractivity contribution >= 4 is 17.5 Å². The number of anilines is 1.